The second-order valence-electron chi connectivity index (χ2n) is 4.83. The number of imidazole rings is 1. The van der Waals surface area contributed by atoms with E-state index >= 15 is 0 Å². The molecule has 0 saturated heterocycles. The number of nitrogens with one attached hydrogen (secondary N) is 1. The maximum atomic E-state index is 5.91. The smallest absolute Gasteiger partial charge is 0.154 e. The number of anilines is 1. The fourth-order valence-corrected chi connectivity index (χ4v) is 2.76. The van der Waals surface area contributed by atoms with E-state index < -0.39 is 0 Å². The van der Waals surface area contributed by atoms with Crippen LogP contribution in [0.1, 0.15) is 25.7 Å². The van der Waals surface area contributed by atoms with E-state index in [2.05, 4.69) is 31.3 Å². The summed E-state index contributed by atoms with van der Waals surface area (Å²) in [5.41, 5.74) is 6.75. The Balaban J connectivity index is 1.76. The van der Waals surface area contributed by atoms with Crippen molar-refractivity contribution < 1.29 is 0 Å². The molecule has 1 aliphatic carbocycles. The number of hydrogen-bond donors (Lipinski definition) is 2. The van der Waals surface area contributed by atoms with Gasteiger partial charge >= 0.3 is 0 Å². The molecule has 2 heterocycles. The molecule has 18 heavy (non-hydrogen) atoms. The lowest BCUT2D eigenvalue weighted by molar-refractivity contribution is 0.410. The predicted octanol–water partition coefficient (Wildman–Crippen LogP) is 2.17. The first-order valence-electron chi connectivity index (χ1n) is 6.25. The molecular weight excluding hydrogens is 294 g/mol. The van der Waals surface area contributed by atoms with Crippen LogP contribution in [-0.2, 0) is 0 Å². The van der Waals surface area contributed by atoms with Crippen molar-refractivity contribution in [2.24, 2.45) is 5.73 Å². The van der Waals surface area contributed by atoms with Crippen LogP contribution < -0.4 is 11.1 Å². The number of hydrogen-bond acceptors (Lipinski definition) is 4. The Morgan fingerprint density at radius 3 is 2.83 bits per heavy atom. The van der Waals surface area contributed by atoms with Crippen molar-refractivity contribution in [2.45, 2.75) is 37.8 Å². The number of nitrogens with zero attached hydrogens (tertiary/aromatic N) is 3. The van der Waals surface area contributed by atoms with Gasteiger partial charge in [0.1, 0.15) is 10.4 Å². The molecule has 2 aromatic rings. The van der Waals surface area contributed by atoms with E-state index in [1.807, 2.05) is 12.1 Å². The van der Waals surface area contributed by atoms with Gasteiger partial charge in [0.15, 0.2) is 5.65 Å². The van der Waals surface area contributed by atoms with E-state index in [1.165, 1.54) is 0 Å². The maximum Gasteiger partial charge on any atom is 0.154 e. The Bertz CT molecular complexity index is 544. The van der Waals surface area contributed by atoms with Crippen LogP contribution >= 0.6 is 15.9 Å². The molecule has 0 radical (unpaired) electrons. The standard InChI is InChI=1S/C12H16BrN5/c13-10-7-15-12-6-5-11(17-18(10)12)16-9-3-1-8(14)2-4-9/h5-9H,1-4,14H2,(H,16,17). The summed E-state index contributed by atoms with van der Waals surface area (Å²) in [6.07, 6.45) is 6.17. The summed E-state index contributed by atoms with van der Waals surface area (Å²) in [5, 5.41) is 7.99. The Hall–Kier alpha value is -1.14. The average molecular weight is 310 g/mol. The number of nitrogens with two attached hydrogens (primary N) is 1. The number of halogens is 1. The Morgan fingerprint density at radius 1 is 1.28 bits per heavy atom. The minimum Gasteiger partial charge on any atom is -0.366 e. The summed E-state index contributed by atoms with van der Waals surface area (Å²) in [6, 6.07) is 4.80. The lowest BCUT2D eigenvalue weighted by Gasteiger charge is -2.27. The van der Waals surface area contributed by atoms with Crippen LogP contribution in [0.2, 0.25) is 0 Å². The maximum absolute atomic E-state index is 5.91. The van der Waals surface area contributed by atoms with Crippen molar-refractivity contribution in [3.63, 3.8) is 0 Å². The molecular formula is C12H16BrN5. The van der Waals surface area contributed by atoms with Gasteiger partial charge in [-0.05, 0) is 53.7 Å². The van der Waals surface area contributed by atoms with Gasteiger partial charge in [-0.15, -0.1) is 5.10 Å². The molecule has 6 heteroatoms. The summed E-state index contributed by atoms with van der Waals surface area (Å²) in [6.45, 7) is 0. The molecule has 1 saturated carbocycles. The third-order valence-electron chi connectivity index (χ3n) is 3.44. The SMILES string of the molecule is NC1CCC(Nc2ccc3ncc(Br)n3n2)CC1. The molecule has 3 N–H and O–H groups in total. The molecule has 3 rings (SSSR count). The summed E-state index contributed by atoms with van der Waals surface area (Å²) < 4.78 is 2.66. The van der Waals surface area contributed by atoms with Gasteiger partial charge in [-0.3, -0.25) is 0 Å². The van der Waals surface area contributed by atoms with Crippen LogP contribution in [0.3, 0.4) is 0 Å². The molecule has 1 aliphatic rings. The van der Waals surface area contributed by atoms with E-state index in [-0.39, 0.29) is 0 Å². The van der Waals surface area contributed by atoms with Gasteiger partial charge < -0.3 is 11.1 Å². The highest BCUT2D eigenvalue weighted by Crippen LogP contribution is 2.21. The largest absolute Gasteiger partial charge is 0.366 e. The zero-order chi connectivity index (χ0) is 12.5. The van der Waals surface area contributed by atoms with E-state index in [1.54, 1.807) is 10.7 Å². The highest BCUT2D eigenvalue weighted by molar-refractivity contribution is 9.10. The van der Waals surface area contributed by atoms with Crippen molar-refractivity contribution in [1.82, 2.24) is 14.6 Å². The summed E-state index contributed by atoms with van der Waals surface area (Å²) >= 11 is 3.43. The fourth-order valence-electron chi connectivity index (χ4n) is 2.40. The third kappa shape index (κ3) is 2.35. The second-order valence-corrected chi connectivity index (χ2v) is 5.64. The lowest BCUT2D eigenvalue weighted by atomic mass is 9.92. The van der Waals surface area contributed by atoms with Crippen LogP contribution in [0.4, 0.5) is 5.82 Å². The van der Waals surface area contributed by atoms with Crippen molar-refractivity contribution in [2.75, 3.05) is 5.32 Å². The normalized spacial score (nSPS) is 24.3. The summed E-state index contributed by atoms with van der Waals surface area (Å²) in [4.78, 5) is 4.23. The summed E-state index contributed by atoms with van der Waals surface area (Å²) in [5.74, 6) is 0.890. The highest BCUT2D eigenvalue weighted by Gasteiger charge is 2.18. The van der Waals surface area contributed by atoms with Crippen LogP contribution in [0.25, 0.3) is 5.65 Å². The highest BCUT2D eigenvalue weighted by atomic mass is 79.9. The predicted molar refractivity (Wildman–Crippen MR) is 74.5 cm³/mol. The van der Waals surface area contributed by atoms with Crippen LogP contribution in [0, 0.1) is 0 Å². The number of rotatable bonds is 2. The zero-order valence-electron chi connectivity index (χ0n) is 10.0. The number of aromatic nitrogens is 3. The van der Waals surface area contributed by atoms with Crippen LogP contribution in [0.5, 0.6) is 0 Å². The van der Waals surface area contributed by atoms with Crippen LogP contribution in [0.15, 0.2) is 22.9 Å². The van der Waals surface area contributed by atoms with Gasteiger partial charge in [0, 0.05) is 12.1 Å². The van der Waals surface area contributed by atoms with Crippen molar-refractivity contribution >= 4 is 27.4 Å². The fraction of sp³-hybridized carbons (Fsp3) is 0.500. The zero-order valence-corrected chi connectivity index (χ0v) is 11.6. The third-order valence-corrected chi connectivity index (χ3v) is 3.99. The molecule has 0 amide bonds. The van der Waals surface area contributed by atoms with E-state index in [4.69, 9.17) is 5.73 Å². The van der Waals surface area contributed by atoms with Gasteiger partial charge in [0.05, 0.1) is 6.20 Å². The average Bonchev–Trinajstić information content (AvgIpc) is 2.74. The topological polar surface area (TPSA) is 68.2 Å². The Labute approximate surface area is 114 Å². The van der Waals surface area contributed by atoms with Gasteiger partial charge in [-0.2, -0.15) is 0 Å². The Kier molecular flexibility index (Phi) is 3.22. The quantitative estimate of drug-likeness (QED) is 0.892. The number of fused-ring (bicyclic) bond motifs is 1. The molecule has 0 bridgehead atoms. The lowest BCUT2D eigenvalue weighted by Crippen LogP contribution is -2.33. The van der Waals surface area contributed by atoms with Crippen molar-refractivity contribution in [3.05, 3.63) is 22.9 Å². The van der Waals surface area contributed by atoms with Gasteiger partial charge in [0.2, 0.25) is 0 Å². The molecule has 1 fully saturated rings. The Morgan fingerprint density at radius 2 is 2.06 bits per heavy atom. The molecule has 0 atom stereocenters. The molecule has 0 unspecified atom stereocenters. The first-order valence-corrected chi connectivity index (χ1v) is 7.04. The first-order chi connectivity index (χ1) is 8.72. The van der Waals surface area contributed by atoms with Gasteiger partial charge in [0.25, 0.3) is 0 Å². The van der Waals surface area contributed by atoms with E-state index in [0.29, 0.717) is 12.1 Å². The minimum absolute atomic E-state index is 0.376. The molecule has 0 aromatic carbocycles. The monoisotopic (exact) mass is 309 g/mol. The van der Waals surface area contributed by atoms with Crippen LogP contribution in [-0.4, -0.2) is 26.7 Å². The first kappa shape index (κ1) is 11.9. The molecule has 2 aromatic heterocycles. The van der Waals surface area contributed by atoms with Crippen molar-refractivity contribution in [1.29, 1.82) is 0 Å². The summed E-state index contributed by atoms with van der Waals surface area (Å²) in [7, 11) is 0. The molecule has 0 spiro atoms. The molecule has 96 valence electrons. The minimum atomic E-state index is 0.376. The second kappa shape index (κ2) is 4.85. The van der Waals surface area contributed by atoms with E-state index in [9.17, 15) is 0 Å². The van der Waals surface area contributed by atoms with Gasteiger partial charge in [-0.1, -0.05) is 0 Å². The molecule has 5 nitrogen and oxygen atoms in total. The van der Waals surface area contributed by atoms with E-state index in [0.717, 1.165) is 41.8 Å². The molecule has 0 aliphatic heterocycles. The van der Waals surface area contributed by atoms with Gasteiger partial charge in [-0.25, -0.2) is 9.50 Å². The van der Waals surface area contributed by atoms with Crippen molar-refractivity contribution in [3.8, 4) is 0 Å².